The van der Waals surface area contributed by atoms with E-state index in [9.17, 15) is 22.8 Å². The minimum Gasteiger partial charge on any atom is -0.492 e. The summed E-state index contributed by atoms with van der Waals surface area (Å²) in [6, 6.07) is 3.22. The maximum atomic E-state index is 13.8. The zero-order valence-corrected chi connectivity index (χ0v) is 18.7. The standard InChI is InChI=1S/C21H15BrF3N5O3/c1-28-9-26-16(27-28)8-30-20(31)17-15(6-12(22)11-2-3-33-19(11)17)29(21(30)32)7-10-4-13(23)18(25)14(24)5-10/h4-6,9H,2-3,7-8H2,1H3. The van der Waals surface area contributed by atoms with E-state index in [4.69, 9.17) is 4.74 Å². The highest BCUT2D eigenvalue weighted by atomic mass is 79.9. The topological polar surface area (TPSA) is 83.9 Å². The van der Waals surface area contributed by atoms with E-state index in [1.54, 1.807) is 13.1 Å². The molecule has 4 aromatic rings. The van der Waals surface area contributed by atoms with Crippen molar-refractivity contribution >= 4 is 26.8 Å². The Morgan fingerprint density at radius 1 is 1.09 bits per heavy atom. The van der Waals surface area contributed by atoms with Gasteiger partial charge >= 0.3 is 5.69 Å². The summed E-state index contributed by atoms with van der Waals surface area (Å²) >= 11 is 3.45. The van der Waals surface area contributed by atoms with Gasteiger partial charge in [0.1, 0.15) is 17.5 Å². The SMILES string of the molecule is Cn1cnc(Cn2c(=O)c3c4c(c(Br)cc3n(Cc3cc(F)c(F)c(F)c3)c2=O)CCO4)n1. The summed E-state index contributed by atoms with van der Waals surface area (Å²) in [5.41, 5.74) is -0.330. The molecule has 5 rings (SSSR count). The molecule has 170 valence electrons. The lowest BCUT2D eigenvalue weighted by atomic mass is 10.1. The van der Waals surface area contributed by atoms with Gasteiger partial charge in [0.05, 0.1) is 25.2 Å². The van der Waals surface area contributed by atoms with Gasteiger partial charge in [-0.15, -0.1) is 0 Å². The first-order valence-electron chi connectivity index (χ1n) is 9.84. The Bertz CT molecular complexity index is 1540. The van der Waals surface area contributed by atoms with Crippen LogP contribution in [0.25, 0.3) is 10.9 Å². The first kappa shape index (κ1) is 21.4. The summed E-state index contributed by atoms with van der Waals surface area (Å²) in [4.78, 5) is 30.9. The molecule has 2 aromatic carbocycles. The Morgan fingerprint density at radius 3 is 2.48 bits per heavy atom. The van der Waals surface area contributed by atoms with Crippen LogP contribution in [0.5, 0.6) is 5.75 Å². The van der Waals surface area contributed by atoms with Crippen LogP contribution in [-0.4, -0.2) is 30.5 Å². The van der Waals surface area contributed by atoms with Crippen LogP contribution in [-0.2, 0) is 26.6 Å². The van der Waals surface area contributed by atoms with Crippen LogP contribution in [0.3, 0.4) is 0 Å². The van der Waals surface area contributed by atoms with Crippen LogP contribution in [0.4, 0.5) is 13.2 Å². The molecule has 0 spiro atoms. The van der Waals surface area contributed by atoms with Gasteiger partial charge in [-0.05, 0) is 23.8 Å². The number of hydrogen-bond donors (Lipinski definition) is 0. The van der Waals surface area contributed by atoms with Crippen molar-refractivity contribution in [3.05, 3.63) is 84.2 Å². The number of hydrogen-bond acceptors (Lipinski definition) is 5. The Balaban J connectivity index is 1.79. The number of halogens is 4. The molecule has 1 aliphatic heterocycles. The van der Waals surface area contributed by atoms with Crippen molar-refractivity contribution < 1.29 is 17.9 Å². The number of aromatic nitrogens is 5. The summed E-state index contributed by atoms with van der Waals surface area (Å²) in [7, 11) is 1.65. The van der Waals surface area contributed by atoms with E-state index in [0.717, 1.165) is 22.3 Å². The third kappa shape index (κ3) is 3.54. The Morgan fingerprint density at radius 2 is 1.82 bits per heavy atom. The molecular weight excluding hydrogens is 507 g/mol. The van der Waals surface area contributed by atoms with Crippen LogP contribution < -0.4 is 16.0 Å². The van der Waals surface area contributed by atoms with E-state index < -0.39 is 28.7 Å². The van der Waals surface area contributed by atoms with Gasteiger partial charge in [0, 0.05) is 23.5 Å². The summed E-state index contributed by atoms with van der Waals surface area (Å²) in [6.07, 6.45) is 2.00. The van der Waals surface area contributed by atoms with Crippen molar-refractivity contribution in [2.24, 2.45) is 7.05 Å². The monoisotopic (exact) mass is 521 g/mol. The van der Waals surface area contributed by atoms with E-state index in [1.807, 2.05) is 0 Å². The van der Waals surface area contributed by atoms with Crippen LogP contribution in [0.15, 0.2) is 38.6 Å². The normalized spacial score (nSPS) is 12.9. The molecule has 2 aromatic heterocycles. The minimum atomic E-state index is -1.60. The quantitative estimate of drug-likeness (QED) is 0.385. The van der Waals surface area contributed by atoms with Crippen LogP contribution in [0, 0.1) is 17.5 Å². The van der Waals surface area contributed by atoms with E-state index in [-0.39, 0.29) is 35.4 Å². The molecule has 1 aliphatic rings. The predicted molar refractivity (Wildman–Crippen MR) is 115 cm³/mol. The average molecular weight is 522 g/mol. The molecule has 0 aliphatic carbocycles. The van der Waals surface area contributed by atoms with Crippen molar-refractivity contribution in [2.75, 3.05) is 6.61 Å². The van der Waals surface area contributed by atoms with Gasteiger partial charge in [-0.2, -0.15) is 5.10 Å². The van der Waals surface area contributed by atoms with Crippen molar-refractivity contribution in [3.8, 4) is 5.75 Å². The number of aryl methyl sites for hydroxylation is 1. The van der Waals surface area contributed by atoms with Gasteiger partial charge < -0.3 is 4.74 Å². The van der Waals surface area contributed by atoms with Crippen molar-refractivity contribution in [1.82, 2.24) is 23.9 Å². The Hall–Kier alpha value is -3.41. The Labute approximate surface area is 192 Å². The molecule has 12 heteroatoms. The molecule has 0 saturated heterocycles. The fourth-order valence-electron chi connectivity index (χ4n) is 3.96. The summed E-state index contributed by atoms with van der Waals surface area (Å²) in [6.45, 7) is -0.169. The maximum absolute atomic E-state index is 13.8. The minimum absolute atomic E-state index is 0.00787. The number of nitrogens with zero attached hydrogens (tertiary/aromatic N) is 5. The van der Waals surface area contributed by atoms with Gasteiger partial charge in [-0.3, -0.25) is 18.6 Å². The molecule has 0 unspecified atom stereocenters. The number of benzene rings is 2. The summed E-state index contributed by atoms with van der Waals surface area (Å²) in [5.74, 6) is -3.78. The molecule has 0 atom stereocenters. The molecule has 0 saturated carbocycles. The molecule has 0 fully saturated rings. The lowest BCUT2D eigenvalue weighted by Crippen LogP contribution is -2.41. The molecular formula is C21H15BrF3N5O3. The van der Waals surface area contributed by atoms with Crippen LogP contribution in [0.2, 0.25) is 0 Å². The highest BCUT2D eigenvalue weighted by molar-refractivity contribution is 9.10. The van der Waals surface area contributed by atoms with Gasteiger partial charge in [0.15, 0.2) is 23.3 Å². The molecule has 3 heterocycles. The fraction of sp³-hybridized carbons (Fsp3) is 0.238. The molecule has 0 radical (unpaired) electrons. The number of fused-ring (bicyclic) bond motifs is 3. The van der Waals surface area contributed by atoms with E-state index >= 15 is 0 Å². The second-order valence-electron chi connectivity index (χ2n) is 7.63. The van der Waals surface area contributed by atoms with E-state index in [1.165, 1.54) is 15.6 Å². The number of ether oxygens (including phenoxy) is 1. The lowest BCUT2D eigenvalue weighted by molar-refractivity contribution is 0.359. The highest BCUT2D eigenvalue weighted by Gasteiger charge is 2.26. The van der Waals surface area contributed by atoms with Crippen molar-refractivity contribution in [2.45, 2.75) is 19.5 Å². The third-order valence-electron chi connectivity index (χ3n) is 5.45. The Kier molecular flexibility index (Phi) is 5.11. The predicted octanol–water partition coefficient (Wildman–Crippen LogP) is 2.50. The maximum Gasteiger partial charge on any atom is 0.332 e. The molecule has 0 amide bonds. The largest absolute Gasteiger partial charge is 0.492 e. The lowest BCUT2D eigenvalue weighted by Gasteiger charge is -2.16. The average Bonchev–Trinajstić information content (AvgIpc) is 3.41. The van der Waals surface area contributed by atoms with Crippen LogP contribution in [0.1, 0.15) is 17.0 Å². The zero-order valence-electron chi connectivity index (χ0n) is 17.1. The first-order chi connectivity index (χ1) is 15.7. The molecule has 0 bridgehead atoms. The first-order valence-corrected chi connectivity index (χ1v) is 10.6. The van der Waals surface area contributed by atoms with Gasteiger partial charge in [-0.25, -0.2) is 22.9 Å². The molecule has 33 heavy (non-hydrogen) atoms. The van der Waals surface area contributed by atoms with Gasteiger partial charge in [-0.1, -0.05) is 15.9 Å². The summed E-state index contributed by atoms with van der Waals surface area (Å²) in [5, 5.41) is 4.28. The second-order valence-corrected chi connectivity index (χ2v) is 8.48. The smallest absolute Gasteiger partial charge is 0.332 e. The highest BCUT2D eigenvalue weighted by Crippen LogP contribution is 2.37. The van der Waals surface area contributed by atoms with Gasteiger partial charge in [0.2, 0.25) is 0 Å². The molecule has 0 N–H and O–H groups in total. The van der Waals surface area contributed by atoms with E-state index in [0.29, 0.717) is 23.2 Å². The fourth-order valence-corrected chi connectivity index (χ4v) is 4.56. The van der Waals surface area contributed by atoms with Crippen molar-refractivity contribution in [1.29, 1.82) is 0 Å². The third-order valence-corrected chi connectivity index (χ3v) is 6.16. The van der Waals surface area contributed by atoms with Crippen LogP contribution >= 0.6 is 15.9 Å². The zero-order chi connectivity index (χ0) is 23.4. The van der Waals surface area contributed by atoms with Crippen molar-refractivity contribution in [3.63, 3.8) is 0 Å². The second kappa shape index (κ2) is 7.87. The number of rotatable bonds is 4. The van der Waals surface area contributed by atoms with E-state index in [2.05, 4.69) is 26.0 Å². The van der Waals surface area contributed by atoms with Gasteiger partial charge in [0.25, 0.3) is 5.56 Å². The molecule has 8 nitrogen and oxygen atoms in total. The summed E-state index contributed by atoms with van der Waals surface area (Å²) < 4.78 is 51.0.